The first kappa shape index (κ1) is 13.9. The highest BCUT2D eigenvalue weighted by Gasteiger charge is 2.16. The molecule has 1 unspecified atom stereocenters. The van der Waals surface area contributed by atoms with Gasteiger partial charge in [0.2, 0.25) is 0 Å². The van der Waals surface area contributed by atoms with E-state index in [1.54, 1.807) is 25.1 Å². The molecule has 0 saturated carbocycles. The SMILES string of the molecule is COCC(Cl)CN(C)C(=O)c1cccc(C)n1. The van der Waals surface area contributed by atoms with Gasteiger partial charge >= 0.3 is 0 Å². The molecule has 0 fully saturated rings. The number of ether oxygens (including phenoxy) is 1. The summed E-state index contributed by atoms with van der Waals surface area (Å²) in [7, 11) is 3.29. The fourth-order valence-electron chi connectivity index (χ4n) is 1.47. The molecule has 94 valence electrons. The Balaban J connectivity index is 2.63. The largest absolute Gasteiger partial charge is 0.383 e. The van der Waals surface area contributed by atoms with Crippen LogP contribution >= 0.6 is 11.6 Å². The van der Waals surface area contributed by atoms with E-state index in [2.05, 4.69) is 4.98 Å². The third-order valence-electron chi connectivity index (χ3n) is 2.27. The molecule has 0 N–H and O–H groups in total. The first-order valence-electron chi connectivity index (χ1n) is 5.36. The summed E-state index contributed by atoms with van der Waals surface area (Å²) >= 11 is 6.00. The number of aromatic nitrogens is 1. The highest BCUT2D eigenvalue weighted by Crippen LogP contribution is 2.05. The zero-order chi connectivity index (χ0) is 12.8. The summed E-state index contributed by atoms with van der Waals surface area (Å²) in [5, 5.41) is -0.209. The molecular weight excluding hydrogens is 240 g/mol. The van der Waals surface area contributed by atoms with E-state index in [-0.39, 0.29) is 11.3 Å². The second-order valence-corrected chi connectivity index (χ2v) is 4.52. The number of aryl methyl sites for hydroxylation is 1. The number of hydrogen-bond donors (Lipinski definition) is 0. The number of nitrogens with zero attached hydrogens (tertiary/aromatic N) is 2. The molecule has 0 radical (unpaired) electrons. The molecule has 1 aromatic rings. The fourth-order valence-corrected chi connectivity index (χ4v) is 1.80. The Bertz CT molecular complexity index is 385. The lowest BCUT2D eigenvalue weighted by atomic mass is 10.3. The quantitative estimate of drug-likeness (QED) is 0.754. The molecule has 1 rings (SSSR count). The van der Waals surface area contributed by atoms with Crippen molar-refractivity contribution in [2.24, 2.45) is 0 Å². The van der Waals surface area contributed by atoms with Crippen LogP contribution in [0.25, 0.3) is 0 Å². The number of halogens is 1. The molecule has 0 saturated heterocycles. The van der Waals surface area contributed by atoms with Crippen LogP contribution in [0, 0.1) is 6.92 Å². The van der Waals surface area contributed by atoms with Crippen LogP contribution in [0.3, 0.4) is 0 Å². The molecule has 0 aliphatic carbocycles. The van der Waals surface area contributed by atoms with Gasteiger partial charge < -0.3 is 9.64 Å². The summed E-state index contributed by atoms with van der Waals surface area (Å²) in [6.45, 7) is 2.70. The Morgan fingerprint density at radius 2 is 2.29 bits per heavy atom. The predicted molar refractivity (Wildman–Crippen MR) is 67.5 cm³/mol. The molecule has 0 spiro atoms. The number of methoxy groups -OCH3 is 1. The Kier molecular flexibility index (Phi) is 5.38. The fraction of sp³-hybridized carbons (Fsp3) is 0.500. The Hall–Kier alpha value is -1.13. The molecule has 1 heterocycles. The van der Waals surface area contributed by atoms with E-state index in [9.17, 15) is 4.79 Å². The number of rotatable bonds is 5. The minimum Gasteiger partial charge on any atom is -0.383 e. The van der Waals surface area contributed by atoms with Crippen molar-refractivity contribution in [3.05, 3.63) is 29.6 Å². The summed E-state index contributed by atoms with van der Waals surface area (Å²) in [5.41, 5.74) is 1.26. The second kappa shape index (κ2) is 6.57. The average molecular weight is 257 g/mol. The molecule has 17 heavy (non-hydrogen) atoms. The normalized spacial score (nSPS) is 12.2. The van der Waals surface area contributed by atoms with Crippen LogP contribution in [-0.4, -0.2) is 48.5 Å². The molecule has 4 nitrogen and oxygen atoms in total. The van der Waals surface area contributed by atoms with Crippen molar-refractivity contribution in [1.82, 2.24) is 9.88 Å². The van der Waals surface area contributed by atoms with Crippen molar-refractivity contribution in [1.29, 1.82) is 0 Å². The monoisotopic (exact) mass is 256 g/mol. The summed E-state index contributed by atoms with van der Waals surface area (Å²) in [6, 6.07) is 5.37. The van der Waals surface area contributed by atoms with Gasteiger partial charge in [-0.25, -0.2) is 4.98 Å². The Morgan fingerprint density at radius 3 is 2.88 bits per heavy atom. The van der Waals surface area contributed by atoms with Crippen molar-refractivity contribution in [3.63, 3.8) is 0 Å². The van der Waals surface area contributed by atoms with Gasteiger partial charge in [-0.3, -0.25) is 4.79 Å². The number of hydrogen-bond acceptors (Lipinski definition) is 3. The third-order valence-corrected chi connectivity index (χ3v) is 2.54. The topological polar surface area (TPSA) is 42.4 Å². The predicted octanol–water partition coefficient (Wildman–Crippen LogP) is 1.72. The van der Waals surface area contributed by atoms with E-state index in [0.717, 1.165) is 5.69 Å². The van der Waals surface area contributed by atoms with E-state index < -0.39 is 0 Å². The lowest BCUT2D eigenvalue weighted by Gasteiger charge is -2.19. The average Bonchev–Trinajstić information content (AvgIpc) is 2.28. The number of carbonyl (C=O) groups is 1. The van der Waals surface area contributed by atoms with Gasteiger partial charge in [0.1, 0.15) is 5.69 Å². The second-order valence-electron chi connectivity index (χ2n) is 3.90. The first-order chi connectivity index (χ1) is 8.04. The molecular formula is C12H17ClN2O2. The molecule has 5 heteroatoms. The lowest BCUT2D eigenvalue weighted by Crippen LogP contribution is -2.34. The van der Waals surface area contributed by atoms with Gasteiger partial charge in [-0.05, 0) is 19.1 Å². The maximum Gasteiger partial charge on any atom is 0.272 e. The molecule has 0 aliphatic rings. The van der Waals surface area contributed by atoms with Crippen LogP contribution < -0.4 is 0 Å². The standard InChI is InChI=1S/C12H17ClN2O2/c1-9-5-4-6-11(14-9)12(16)15(2)7-10(13)8-17-3/h4-6,10H,7-8H2,1-3H3. The highest BCUT2D eigenvalue weighted by atomic mass is 35.5. The van der Waals surface area contributed by atoms with E-state index in [4.69, 9.17) is 16.3 Å². The molecule has 0 aromatic carbocycles. The van der Waals surface area contributed by atoms with Gasteiger partial charge in [0, 0.05) is 26.4 Å². The maximum atomic E-state index is 12.0. The third kappa shape index (κ3) is 4.32. The first-order valence-corrected chi connectivity index (χ1v) is 5.80. The molecule has 1 aromatic heterocycles. The van der Waals surface area contributed by atoms with E-state index in [1.807, 2.05) is 19.1 Å². The van der Waals surface area contributed by atoms with Crippen LogP contribution in [0.1, 0.15) is 16.2 Å². The number of carbonyl (C=O) groups excluding carboxylic acids is 1. The van der Waals surface area contributed by atoms with E-state index in [0.29, 0.717) is 18.8 Å². The van der Waals surface area contributed by atoms with Crippen LogP contribution in [0.5, 0.6) is 0 Å². The van der Waals surface area contributed by atoms with Gasteiger partial charge in [0.05, 0.1) is 12.0 Å². The van der Waals surface area contributed by atoms with E-state index >= 15 is 0 Å². The van der Waals surface area contributed by atoms with Crippen molar-refractivity contribution < 1.29 is 9.53 Å². The number of amides is 1. The highest BCUT2D eigenvalue weighted by molar-refractivity contribution is 6.21. The number of alkyl halides is 1. The molecule has 0 bridgehead atoms. The van der Waals surface area contributed by atoms with Crippen molar-refractivity contribution >= 4 is 17.5 Å². The Labute approximate surface area is 107 Å². The maximum absolute atomic E-state index is 12.0. The molecule has 1 amide bonds. The molecule has 1 atom stereocenters. The van der Waals surface area contributed by atoms with Crippen LogP contribution in [0.2, 0.25) is 0 Å². The van der Waals surface area contributed by atoms with Crippen LogP contribution in [0.15, 0.2) is 18.2 Å². The van der Waals surface area contributed by atoms with Gasteiger partial charge in [0.15, 0.2) is 0 Å². The van der Waals surface area contributed by atoms with Crippen molar-refractivity contribution in [2.45, 2.75) is 12.3 Å². The van der Waals surface area contributed by atoms with Gasteiger partial charge in [-0.2, -0.15) is 0 Å². The number of pyridine rings is 1. The van der Waals surface area contributed by atoms with Crippen LogP contribution in [0.4, 0.5) is 0 Å². The van der Waals surface area contributed by atoms with Crippen molar-refractivity contribution in [2.75, 3.05) is 27.3 Å². The summed E-state index contributed by atoms with van der Waals surface area (Å²) in [6.07, 6.45) is 0. The van der Waals surface area contributed by atoms with Gasteiger partial charge in [0.25, 0.3) is 5.91 Å². The smallest absolute Gasteiger partial charge is 0.272 e. The summed E-state index contributed by atoms with van der Waals surface area (Å²) in [5.74, 6) is -0.129. The van der Waals surface area contributed by atoms with E-state index in [1.165, 1.54) is 0 Å². The minimum atomic E-state index is -0.209. The molecule has 0 aliphatic heterocycles. The lowest BCUT2D eigenvalue weighted by molar-refractivity contribution is 0.0775. The zero-order valence-electron chi connectivity index (χ0n) is 10.3. The van der Waals surface area contributed by atoms with Crippen LogP contribution in [-0.2, 0) is 4.74 Å². The Morgan fingerprint density at radius 1 is 1.59 bits per heavy atom. The summed E-state index contributed by atoms with van der Waals surface area (Å²) in [4.78, 5) is 17.7. The van der Waals surface area contributed by atoms with Crippen molar-refractivity contribution in [3.8, 4) is 0 Å². The van der Waals surface area contributed by atoms with Gasteiger partial charge in [-0.1, -0.05) is 6.07 Å². The minimum absolute atomic E-state index is 0.129. The van der Waals surface area contributed by atoms with Gasteiger partial charge in [-0.15, -0.1) is 11.6 Å². The zero-order valence-corrected chi connectivity index (χ0v) is 11.1. The summed E-state index contributed by atoms with van der Waals surface area (Å²) < 4.78 is 4.92.